The third kappa shape index (κ3) is 1.61. The van der Waals surface area contributed by atoms with Crippen LogP contribution in [-0.4, -0.2) is 17.2 Å². The molecule has 3 rings (SSSR count). The molecule has 1 radical (unpaired) electrons. The van der Waals surface area contributed by atoms with Crippen molar-refractivity contribution in [2.24, 2.45) is 4.99 Å². The van der Waals surface area contributed by atoms with Crippen LogP contribution in [0.2, 0.25) is 0 Å². The van der Waals surface area contributed by atoms with Gasteiger partial charge in [0.2, 0.25) is 0 Å². The zero-order chi connectivity index (χ0) is 11.0. The van der Waals surface area contributed by atoms with Crippen LogP contribution >= 0.6 is 0 Å². The van der Waals surface area contributed by atoms with Crippen molar-refractivity contribution in [3.63, 3.8) is 0 Å². The number of benzene rings is 1. The molecule has 0 aliphatic carbocycles. The second kappa shape index (κ2) is 3.62. The topological polar surface area (TPSA) is 67.5 Å². The Hall–Kier alpha value is -3.43. The van der Waals surface area contributed by atoms with Gasteiger partial charge in [-0.25, -0.2) is 4.98 Å². The van der Waals surface area contributed by atoms with Crippen molar-refractivity contribution in [2.75, 3.05) is 0 Å². The zero-order valence-corrected chi connectivity index (χ0v) is 10.9. The van der Waals surface area contributed by atoms with E-state index in [0.29, 0.717) is 11.3 Å². The Kier molecular flexibility index (Phi) is 2.15. The first-order valence-corrected chi connectivity index (χ1v) is 4.64. The summed E-state index contributed by atoms with van der Waals surface area (Å²) in [6, 6.07) is 5.47. The molecule has 0 saturated carbocycles. The standard InChI is InChI=1S/C11H6N3O2.Es/c15-11-9(12-5-13-11)3-7-1-2-8-10(4-7)16-6-14-8;/h1-4,6H,(H,12,13,15);/q-1;/b9-3-;. The fourth-order valence-corrected chi connectivity index (χ4v) is 1.47. The zero-order valence-electron chi connectivity index (χ0n) is 8.40. The molecule has 1 aliphatic rings. The monoisotopic (exact) mass is 464 g/mol. The molecule has 0 fully saturated rings. The second-order valence-corrected chi connectivity index (χ2v) is 3.29. The Morgan fingerprint density at radius 1 is 1.41 bits per heavy atom. The van der Waals surface area contributed by atoms with Gasteiger partial charge in [-0.1, -0.05) is 12.1 Å². The van der Waals surface area contributed by atoms with Crippen LogP contribution in [0.3, 0.4) is 0 Å². The normalized spacial score (nSPS) is 16.2. The predicted molar refractivity (Wildman–Crippen MR) is 57.6 cm³/mol. The summed E-state index contributed by atoms with van der Waals surface area (Å²) in [7, 11) is 0. The van der Waals surface area contributed by atoms with Crippen LogP contribution in [0, 0.1) is 0 Å². The van der Waals surface area contributed by atoms with Gasteiger partial charge >= 0.3 is 0 Å². The molecule has 2 aromatic rings. The molecule has 17 heavy (non-hydrogen) atoms. The van der Waals surface area contributed by atoms with Crippen LogP contribution in [0.1, 0.15) is 5.56 Å². The minimum absolute atomic E-state index is 0. The Morgan fingerprint density at radius 3 is 3.06 bits per heavy atom. The molecular formula is C11H6EsN3O2-. The van der Waals surface area contributed by atoms with E-state index in [0.717, 1.165) is 11.1 Å². The van der Waals surface area contributed by atoms with Gasteiger partial charge in [-0.3, -0.25) is 0 Å². The smallest absolute Gasteiger partial charge is 0.181 e. The van der Waals surface area contributed by atoms with Gasteiger partial charge < -0.3 is 19.5 Å². The fourth-order valence-electron chi connectivity index (χ4n) is 1.47. The summed E-state index contributed by atoms with van der Waals surface area (Å²) in [4.78, 5) is 19.0. The van der Waals surface area contributed by atoms with Gasteiger partial charge in [0.05, 0.1) is 0 Å². The number of nitrogens with one attached hydrogen (secondary N) is 1. The molecular weight excluding hydrogens is 458 g/mol. The molecule has 1 aliphatic heterocycles. The molecule has 2 heterocycles. The molecule has 0 atom stereocenters. The fraction of sp³-hybridized carbons (Fsp3) is 0. The van der Waals surface area contributed by atoms with Gasteiger partial charge in [0, 0.05) is 6.34 Å². The van der Waals surface area contributed by atoms with Crippen molar-refractivity contribution in [1.82, 2.24) is 10.3 Å². The van der Waals surface area contributed by atoms with Crippen molar-refractivity contribution in [2.45, 2.75) is 0 Å². The van der Waals surface area contributed by atoms with Crippen LogP contribution in [0.25, 0.3) is 17.2 Å². The summed E-state index contributed by atoms with van der Waals surface area (Å²) < 4.78 is 5.16. The Balaban J connectivity index is 0.00000108. The summed E-state index contributed by atoms with van der Waals surface area (Å²) in [6.45, 7) is 0. The number of hydrogen-bond acceptors (Lipinski definition) is 4. The number of carbonyl (C=O) groups excluding carboxylic acids is 1. The Labute approximate surface area is 90.5 Å². The summed E-state index contributed by atoms with van der Waals surface area (Å²) in [5.74, 6) is -0.252. The van der Waals surface area contributed by atoms with Crippen molar-refractivity contribution < 1.29 is 9.21 Å². The minimum Gasteiger partial charge on any atom is -0.443 e. The molecule has 0 unspecified atom stereocenters. The average Bonchev–Trinajstić information content (AvgIpc) is 2.88. The van der Waals surface area contributed by atoms with Crippen molar-refractivity contribution in [3.05, 3.63) is 35.9 Å². The number of carbonyl (C=O) groups is 1. The number of rotatable bonds is 1. The second-order valence-electron chi connectivity index (χ2n) is 3.29. The van der Waals surface area contributed by atoms with E-state index >= 15 is 0 Å². The third-order valence-electron chi connectivity index (χ3n) is 2.24. The molecule has 1 N–H and O–H groups in total. The number of aromatic nitrogens is 1. The number of fused-ring (bicyclic) bond motifs is 1. The molecule has 1 amide bonds. The molecule has 1 aromatic heterocycles. The number of aliphatic imine (C=N–C) groups is 1. The van der Waals surface area contributed by atoms with Crippen molar-refractivity contribution >= 4 is 29.4 Å². The molecule has 0 bridgehead atoms. The predicted octanol–water partition coefficient (Wildman–Crippen LogP) is 1.20. The maximum absolute atomic E-state index is 11.2. The van der Waals surface area contributed by atoms with E-state index in [1.54, 1.807) is 12.1 Å². The van der Waals surface area contributed by atoms with E-state index in [1.807, 2.05) is 12.1 Å². The number of oxazole rings is 1. The van der Waals surface area contributed by atoms with E-state index in [1.165, 1.54) is 6.39 Å². The maximum Gasteiger partial charge on any atom is 0.181 e. The number of amides is 1. The number of hydrogen-bond donors (Lipinski definition) is 1. The molecule has 5 nitrogen and oxygen atoms in total. The van der Waals surface area contributed by atoms with Gasteiger partial charge in [-0.2, -0.15) is 0 Å². The van der Waals surface area contributed by atoms with Crippen molar-refractivity contribution in [1.29, 1.82) is 0 Å². The van der Waals surface area contributed by atoms with E-state index in [2.05, 4.69) is 21.6 Å². The van der Waals surface area contributed by atoms with Crippen LogP contribution in [0.15, 0.2) is 39.7 Å². The van der Waals surface area contributed by atoms with Crippen LogP contribution < -0.4 is 5.32 Å². The minimum atomic E-state index is -0.252. The summed E-state index contributed by atoms with van der Waals surface area (Å²) in [6.07, 6.45) is 5.44. The molecule has 1 aromatic carbocycles. The van der Waals surface area contributed by atoms with E-state index in [4.69, 9.17) is 4.42 Å². The van der Waals surface area contributed by atoms with Gasteiger partial charge in [0.25, 0.3) is 0 Å². The van der Waals surface area contributed by atoms with Crippen molar-refractivity contribution in [3.8, 4) is 0 Å². The SMILES string of the molecule is O=C1N[C-]=N/C1=C\c1ccc2ncoc2c1.[Es]. The summed E-state index contributed by atoms with van der Waals surface area (Å²) in [5, 5.41) is 2.36. The molecule has 89 valence electrons. The van der Waals surface area contributed by atoms with Gasteiger partial charge in [-0.15, -0.1) is 0 Å². The van der Waals surface area contributed by atoms with E-state index in [9.17, 15) is 4.79 Å². The van der Waals surface area contributed by atoms with Gasteiger partial charge in [-0.05, 0) is 23.4 Å². The van der Waals surface area contributed by atoms with Gasteiger partial charge in [0.15, 0.2) is 12.0 Å². The largest absolute Gasteiger partial charge is 0.443 e. The molecule has 6 heteroatoms. The summed E-state index contributed by atoms with van der Waals surface area (Å²) >= 11 is 0. The van der Waals surface area contributed by atoms with Gasteiger partial charge in [0.1, 0.15) is 11.4 Å². The first kappa shape index (κ1) is 10.1. The molecule has 0 spiro atoms. The quantitative estimate of drug-likeness (QED) is 0.510. The van der Waals surface area contributed by atoms with E-state index < -0.39 is 0 Å². The van der Waals surface area contributed by atoms with Crippen LogP contribution in [-0.2, 0) is 4.79 Å². The van der Waals surface area contributed by atoms with Crippen LogP contribution in [0.5, 0.6) is 0 Å². The maximum atomic E-state index is 11.2. The Bertz CT molecular complexity index is 630. The van der Waals surface area contributed by atoms with E-state index in [-0.39, 0.29) is 5.91 Å². The molecule has 0 saturated heterocycles. The first-order valence-electron chi connectivity index (χ1n) is 4.64. The third-order valence-corrected chi connectivity index (χ3v) is 2.24. The summed E-state index contributed by atoms with van der Waals surface area (Å²) in [5.41, 5.74) is 2.63. The average molecular weight is 464 g/mol. The number of nitrogens with zero attached hydrogens (tertiary/aromatic N) is 2. The Morgan fingerprint density at radius 2 is 2.29 bits per heavy atom. The first-order chi connectivity index (χ1) is 7.83. The van der Waals surface area contributed by atoms with Crippen LogP contribution in [0.4, 0.5) is 0 Å².